The quantitative estimate of drug-likeness (QED) is 0.743. The molecular formula is C18H21ClN2O2S. The molecule has 0 amide bonds. The zero-order chi connectivity index (χ0) is 16.6. The maximum Gasteiger partial charge on any atom is 0.206 e. The summed E-state index contributed by atoms with van der Waals surface area (Å²) in [6, 6.07) is 12.1. The van der Waals surface area contributed by atoms with Crippen LogP contribution < -0.4 is 5.73 Å². The summed E-state index contributed by atoms with van der Waals surface area (Å²) in [5.74, 6) is 0. The van der Waals surface area contributed by atoms with Gasteiger partial charge in [0.05, 0.1) is 9.79 Å². The van der Waals surface area contributed by atoms with Gasteiger partial charge in [-0.3, -0.25) is 0 Å². The van der Waals surface area contributed by atoms with Gasteiger partial charge in [0.2, 0.25) is 9.84 Å². The first-order valence-electron chi connectivity index (χ1n) is 7.56. The van der Waals surface area contributed by atoms with Crippen LogP contribution in [0, 0.1) is 13.8 Å². The third-order valence-corrected chi connectivity index (χ3v) is 5.89. The molecule has 6 heteroatoms. The number of nitrogens with two attached hydrogens (primary N) is 1. The topological polar surface area (TPSA) is 76.0 Å². The lowest BCUT2D eigenvalue weighted by Gasteiger charge is -2.06. The Labute approximate surface area is 148 Å². The molecule has 0 saturated heterocycles. The zero-order valence-electron chi connectivity index (χ0n) is 13.7. The molecule has 1 aromatic heterocycles. The molecule has 0 bridgehead atoms. The number of halogens is 1. The summed E-state index contributed by atoms with van der Waals surface area (Å²) in [6.45, 7) is 4.45. The lowest BCUT2D eigenvalue weighted by molar-refractivity contribution is 0.596. The monoisotopic (exact) mass is 364 g/mol. The first-order valence-corrected chi connectivity index (χ1v) is 9.05. The molecule has 0 spiro atoms. The van der Waals surface area contributed by atoms with E-state index in [2.05, 4.69) is 4.98 Å². The van der Waals surface area contributed by atoms with Crippen LogP contribution in [-0.4, -0.2) is 19.9 Å². The van der Waals surface area contributed by atoms with Crippen LogP contribution in [-0.2, 0) is 16.3 Å². The van der Waals surface area contributed by atoms with Crippen molar-refractivity contribution in [3.63, 3.8) is 0 Å². The lowest BCUT2D eigenvalue weighted by Crippen LogP contribution is -2.04. The van der Waals surface area contributed by atoms with Crippen molar-refractivity contribution in [2.24, 2.45) is 5.73 Å². The molecule has 24 heavy (non-hydrogen) atoms. The Morgan fingerprint density at radius 1 is 1.00 bits per heavy atom. The van der Waals surface area contributed by atoms with Crippen molar-refractivity contribution in [3.05, 3.63) is 59.3 Å². The largest absolute Gasteiger partial charge is 0.358 e. The molecule has 0 aliphatic rings. The highest BCUT2D eigenvalue weighted by Gasteiger charge is 2.19. The van der Waals surface area contributed by atoms with Crippen LogP contribution in [0.4, 0.5) is 0 Å². The van der Waals surface area contributed by atoms with Gasteiger partial charge in [-0.1, -0.05) is 17.7 Å². The lowest BCUT2D eigenvalue weighted by atomic mass is 10.1. The number of nitrogens with one attached hydrogen (secondary N) is 1. The van der Waals surface area contributed by atoms with Crippen molar-refractivity contribution < 1.29 is 8.42 Å². The Hall–Kier alpha value is -1.82. The van der Waals surface area contributed by atoms with Crippen LogP contribution >= 0.6 is 12.4 Å². The van der Waals surface area contributed by atoms with E-state index in [0.29, 0.717) is 16.3 Å². The van der Waals surface area contributed by atoms with Crippen molar-refractivity contribution in [2.45, 2.75) is 30.1 Å². The molecule has 4 nitrogen and oxygen atoms in total. The van der Waals surface area contributed by atoms with Crippen molar-refractivity contribution in [1.29, 1.82) is 0 Å². The predicted molar refractivity (Wildman–Crippen MR) is 99.7 cm³/mol. The van der Waals surface area contributed by atoms with E-state index in [-0.39, 0.29) is 12.4 Å². The van der Waals surface area contributed by atoms with Gasteiger partial charge in [-0.2, -0.15) is 0 Å². The van der Waals surface area contributed by atoms with E-state index < -0.39 is 9.84 Å². The summed E-state index contributed by atoms with van der Waals surface area (Å²) in [7, 11) is -3.51. The van der Waals surface area contributed by atoms with Crippen molar-refractivity contribution in [1.82, 2.24) is 4.98 Å². The van der Waals surface area contributed by atoms with Crippen LogP contribution in [0.15, 0.2) is 52.3 Å². The van der Waals surface area contributed by atoms with Gasteiger partial charge in [0.25, 0.3) is 0 Å². The fourth-order valence-corrected chi connectivity index (χ4v) is 4.14. The fraction of sp³-hybridized carbons (Fsp3) is 0.222. The molecule has 0 aliphatic heterocycles. The van der Waals surface area contributed by atoms with E-state index in [9.17, 15) is 8.42 Å². The van der Waals surface area contributed by atoms with Crippen LogP contribution in [0.3, 0.4) is 0 Å². The molecule has 1 heterocycles. The fourth-order valence-electron chi connectivity index (χ4n) is 2.85. The molecule has 0 unspecified atom stereocenters. The second-order valence-corrected chi connectivity index (χ2v) is 7.74. The molecule has 3 N–H and O–H groups in total. The summed E-state index contributed by atoms with van der Waals surface area (Å²) < 4.78 is 25.7. The Kier molecular flexibility index (Phi) is 5.38. The number of fused-ring (bicyclic) bond motifs is 1. The average Bonchev–Trinajstić information content (AvgIpc) is 2.83. The Morgan fingerprint density at radius 2 is 1.62 bits per heavy atom. The average molecular weight is 365 g/mol. The standard InChI is InChI=1S/C18H20N2O2S.ClH/c1-12-3-5-14(6-4-12)23(21,22)15-7-8-18-17(11-15)16(9-10-19)13(2)20-18;/h3-8,11,20H,9-10,19H2,1-2H3;1H. The second-order valence-electron chi connectivity index (χ2n) is 5.79. The molecule has 3 aromatic rings. The van der Waals surface area contributed by atoms with Gasteiger partial charge in [-0.05, 0) is 62.7 Å². The third kappa shape index (κ3) is 3.20. The summed E-state index contributed by atoms with van der Waals surface area (Å²) in [5, 5.41) is 0.932. The SMILES string of the molecule is Cc1ccc(S(=O)(=O)c2ccc3[nH]c(C)c(CCN)c3c2)cc1.Cl. The number of benzene rings is 2. The number of hydrogen-bond donors (Lipinski definition) is 2. The minimum absolute atomic E-state index is 0. The molecule has 3 rings (SSSR count). The Bertz CT molecular complexity index is 961. The van der Waals surface area contributed by atoms with Gasteiger partial charge in [0, 0.05) is 16.6 Å². The van der Waals surface area contributed by atoms with E-state index in [4.69, 9.17) is 5.73 Å². The van der Waals surface area contributed by atoms with Gasteiger partial charge in [0.15, 0.2) is 0 Å². The number of aryl methyl sites for hydroxylation is 2. The number of H-pyrrole nitrogens is 1. The van der Waals surface area contributed by atoms with E-state index in [1.54, 1.807) is 24.3 Å². The Balaban J connectivity index is 0.00000208. The number of aromatic nitrogens is 1. The van der Waals surface area contributed by atoms with Crippen molar-refractivity contribution in [3.8, 4) is 0 Å². The summed E-state index contributed by atoms with van der Waals surface area (Å²) in [5.41, 5.74) is 9.77. The van der Waals surface area contributed by atoms with E-state index in [1.165, 1.54) is 0 Å². The number of sulfone groups is 1. The molecule has 0 atom stereocenters. The van der Waals surface area contributed by atoms with E-state index in [1.807, 2.05) is 32.0 Å². The predicted octanol–water partition coefficient (Wildman–Crippen LogP) is 3.54. The maximum atomic E-state index is 12.8. The van der Waals surface area contributed by atoms with Gasteiger partial charge < -0.3 is 10.7 Å². The Morgan fingerprint density at radius 3 is 2.25 bits per heavy atom. The first kappa shape index (κ1) is 18.5. The van der Waals surface area contributed by atoms with E-state index >= 15 is 0 Å². The smallest absolute Gasteiger partial charge is 0.206 e. The highest BCUT2D eigenvalue weighted by molar-refractivity contribution is 7.91. The number of aromatic amines is 1. The van der Waals surface area contributed by atoms with Crippen molar-refractivity contribution in [2.75, 3.05) is 6.54 Å². The molecule has 2 aromatic carbocycles. The summed E-state index contributed by atoms with van der Waals surface area (Å²) >= 11 is 0. The third-order valence-electron chi connectivity index (χ3n) is 4.13. The zero-order valence-corrected chi connectivity index (χ0v) is 15.3. The van der Waals surface area contributed by atoms with Gasteiger partial charge in [0.1, 0.15) is 0 Å². The number of rotatable bonds is 4. The maximum absolute atomic E-state index is 12.8. The highest BCUT2D eigenvalue weighted by atomic mass is 35.5. The van der Waals surface area contributed by atoms with E-state index in [0.717, 1.165) is 34.1 Å². The highest BCUT2D eigenvalue weighted by Crippen LogP contribution is 2.28. The van der Waals surface area contributed by atoms with Gasteiger partial charge in [-0.25, -0.2) is 8.42 Å². The molecule has 128 valence electrons. The van der Waals surface area contributed by atoms with Gasteiger partial charge >= 0.3 is 0 Å². The summed E-state index contributed by atoms with van der Waals surface area (Å²) in [4.78, 5) is 3.91. The molecule has 0 saturated carbocycles. The van der Waals surface area contributed by atoms with Gasteiger partial charge in [-0.15, -0.1) is 12.4 Å². The molecule has 0 fully saturated rings. The van der Waals surface area contributed by atoms with Crippen LogP contribution in [0.25, 0.3) is 10.9 Å². The van der Waals surface area contributed by atoms with Crippen LogP contribution in [0.1, 0.15) is 16.8 Å². The molecular weight excluding hydrogens is 344 g/mol. The first-order chi connectivity index (χ1) is 10.9. The van der Waals surface area contributed by atoms with Crippen LogP contribution in [0.5, 0.6) is 0 Å². The second kappa shape index (κ2) is 6.97. The van der Waals surface area contributed by atoms with Crippen molar-refractivity contribution >= 4 is 33.1 Å². The molecule has 0 aliphatic carbocycles. The van der Waals surface area contributed by atoms with Crippen LogP contribution in [0.2, 0.25) is 0 Å². The number of hydrogen-bond acceptors (Lipinski definition) is 3. The minimum atomic E-state index is -3.51. The molecule has 0 radical (unpaired) electrons. The minimum Gasteiger partial charge on any atom is -0.358 e. The summed E-state index contributed by atoms with van der Waals surface area (Å²) in [6.07, 6.45) is 0.722. The normalized spacial score (nSPS) is 11.5.